The number of hydrogen-bond donors (Lipinski definition) is 0. The molecule has 0 heterocycles. The summed E-state index contributed by atoms with van der Waals surface area (Å²) in [5.41, 5.74) is 0. The topological polar surface area (TPSA) is 26.3 Å². The number of benzene rings is 1. The maximum absolute atomic E-state index is 11.3. The molecule has 1 aliphatic carbocycles. The molecular weight excluding hydrogens is 291 g/mol. The van der Waals surface area contributed by atoms with Crippen molar-refractivity contribution in [1.29, 1.82) is 0 Å². The van der Waals surface area contributed by atoms with Crippen molar-refractivity contribution in [2.24, 2.45) is 5.92 Å². The van der Waals surface area contributed by atoms with E-state index in [-0.39, 0.29) is 18.3 Å². The summed E-state index contributed by atoms with van der Waals surface area (Å²) < 4.78 is 6.52. The Bertz CT molecular complexity index is 345. The van der Waals surface area contributed by atoms with E-state index in [0.717, 1.165) is 22.2 Å². The molecule has 1 aromatic rings. The first kappa shape index (κ1) is 9.96. The maximum Gasteiger partial charge on any atom is 0.173 e. The monoisotopic (exact) mass is 302 g/mol. The fourth-order valence-electron chi connectivity index (χ4n) is 1.23. The molecule has 0 aliphatic heterocycles. The molecule has 0 N–H and O–H groups in total. The van der Waals surface area contributed by atoms with Crippen molar-refractivity contribution in [3.63, 3.8) is 0 Å². The summed E-state index contributed by atoms with van der Waals surface area (Å²) in [5.74, 6) is 1.31. The Morgan fingerprint density at radius 2 is 2.29 bits per heavy atom. The van der Waals surface area contributed by atoms with Gasteiger partial charge in [-0.3, -0.25) is 4.79 Å². The van der Waals surface area contributed by atoms with Crippen LogP contribution in [0, 0.1) is 9.49 Å². The van der Waals surface area contributed by atoms with Gasteiger partial charge < -0.3 is 4.74 Å². The first-order valence-electron chi connectivity index (χ1n) is 4.67. The lowest BCUT2D eigenvalue weighted by atomic mass is 10.3. The largest absolute Gasteiger partial charge is 0.486 e. The molecule has 3 heteroatoms. The fraction of sp³-hybridized carbons (Fsp3) is 0.364. The van der Waals surface area contributed by atoms with Crippen LogP contribution in [-0.2, 0) is 4.79 Å². The molecule has 74 valence electrons. The van der Waals surface area contributed by atoms with Gasteiger partial charge in [0.1, 0.15) is 12.4 Å². The average Bonchev–Trinajstić information content (AvgIpc) is 2.97. The van der Waals surface area contributed by atoms with Gasteiger partial charge in [0, 0.05) is 9.49 Å². The van der Waals surface area contributed by atoms with E-state index in [1.54, 1.807) is 0 Å². The quantitative estimate of drug-likeness (QED) is 0.799. The second kappa shape index (κ2) is 4.29. The minimum Gasteiger partial charge on any atom is -0.486 e. The van der Waals surface area contributed by atoms with Crippen LogP contribution in [0.25, 0.3) is 0 Å². The Labute approximate surface area is 96.8 Å². The van der Waals surface area contributed by atoms with Gasteiger partial charge in [-0.1, -0.05) is 6.07 Å². The van der Waals surface area contributed by atoms with Crippen LogP contribution in [-0.4, -0.2) is 12.4 Å². The minimum absolute atomic E-state index is 0.227. The van der Waals surface area contributed by atoms with Crippen LogP contribution >= 0.6 is 22.6 Å². The third-order valence-electron chi connectivity index (χ3n) is 2.21. The Balaban J connectivity index is 1.87. The summed E-state index contributed by atoms with van der Waals surface area (Å²) in [4.78, 5) is 11.3. The predicted octanol–water partition coefficient (Wildman–Crippen LogP) is 2.65. The second-order valence-corrected chi connectivity index (χ2v) is 4.73. The van der Waals surface area contributed by atoms with Crippen LogP contribution in [0.4, 0.5) is 0 Å². The van der Waals surface area contributed by atoms with Gasteiger partial charge in [-0.15, -0.1) is 0 Å². The van der Waals surface area contributed by atoms with E-state index in [1.165, 1.54) is 0 Å². The molecule has 0 amide bonds. The number of Topliss-reactive ketones (excluding diaryl/α,β-unsaturated/α-hetero) is 1. The van der Waals surface area contributed by atoms with Gasteiger partial charge in [0.05, 0.1) is 0 Å². The van der Waals surface area contributed by atoms with Crippen LogP contribution in [0.1, 0.15) is 12.8 Å². The number of hydrogen-bond acceptors (Lipinski definition) is 2. The fourth-order valence-corrected chi connectivity index (χ4v) is 1.75. The Kier molecular flexibility index (Phi) is 3.05. The number of carbonyl (C=O) groups is 1. The first-order chi connectivity index (χ1) is 6.75. The molecule has 0 atom stereocenters. The highest BCUT2D eigenvalue weighted by atomic mass is 127. The normalized spacial score (nSPS) is 15.2. The predicted molar refractivity (Wildman–Crippen MR) is 62.4 cm³/mol. The van der Waals surface area contributed by atoms with Crippen LogP contribution in [0.15, 0.2) is 24.3 Å². The second-order valence-electron chi connectivity index (χ2n) is 3.49. The van der Waals surface area contributed by atoms with Crippen molar-refractivity contribution in [3.8, 4) is 5.75 Å². The summed E-state index contributed by atoms with van der Waals surface area (Å²) in [6.45, 7) is 0.227. The molecule has 0 radical (unpaired) electrons. The van der Waals surface area contributed by atoms with Crippen molar-refractivity contribution < 1.29 is 9.53 Å². The molecular formula is C11H11IO2. The molecule has 14 heavy (non-hydrogen) atoms. The standard InChI is InChI=1S/C11H11IO2/c12-9-2-1-3-10(6-9)14-7-11(13)8-4-5-8/h1-3,6,8H,4-5,7H2. The van der Waals surface area contributed by atoms with Crippen molar-refractivity contribution in [2.75, 3.05) is 6.61 Å². The highest BCUT2D eigenvalue weighted by molar-refractivity contribution is 14.1. The molecule has 2 nitrogen and oxygen atoms in total. The molecule has 0 bridgehead atoms. The average molecular weight is 302 g/mol. The van der Waals surface area contributed by atoms with Gasteiger partial charge >= 0.3 is 0 Å². The summed E-state index contributed by atoms with van der Waals surface area (Å²) in [6.07, 6.45) is 2.10. The van der Waals surface area contributed by atoms with Crippen molar-refractivity contribution >= 4 is 28.4 Å². The molecule has 2 rings (SSSR count). The van der Waals surface area contributed by atoms with E-state index in [0.29, 0.717) is 0 Å². The van der Waals surface area contributed by atoms with Gasteiger partial charge in [-0.25, -0.2) is 0 Å². The third kappa shape index (κ3) is 2.70. The molecule has 1 fully saturated rings. The van der Waals surface area contributed by atoms with Gasteiger partial charge in [0.25, 0.3) is 0 Å². The smallest absolute Gasteiger partial charge is 0.173 e. The summed E-state index contributed by atoms with van der Waals surface area (Å²) in [6, 6.07) is 7.73. The zero-order valence-electron chi connectivity index (χ0n) is 7.70. The molecule has 1 aliphatic rings. The molecule has 0 saturated heterocycles. The molecule has 0 unspecified atom stereocenters. The van der Waals surface area contributed by atoms with E-state index in [2.05, 4.69) is 22.6 Å². The zero-order chi connectivity index (χ0) is 9.97. The van der Waals surface area contributed by atoms with E-state index in [4.69, 9.17) is 4.74 Å². The number of ketones is 1. The van der Waals surface area contributed by atoms with Gasteiger partial charge in [-0.2, -0.15) is 0 Å². The van der Waals surface area contributed by atoms with Crippen LogP contribution in [0.2, 0.25) is 0 Å². The number of carbonyl (C=O) groups excluding carboxylic acids is 1. The van der Waals surface area contributed by atoms with Gasteiger partial charge in [0.2, 0.25) is 0 Å². The van der Waals surface area contributed by atoms with Crippen LogP contribution in [0.5, 0.6) is 5.75 Å². The van der Waals surface area contributed by atoms with E-state index in [9.17, 15) is 4.79 Å². The highest BCUT2D eigenvalue weighted by Gasteiger charge is 2.29. The third-order valence-corrected chi connectivity index (χ3v) is 2.88. The number of halogens is 1. The summed E-state index contributed by atoms with van der Waals surface area (Å²) in [7, 11) is 0. The molecule has 1 aromatic carbocycles. The lowest BCUT2D eigenvalue weighted by Crippen LogP contribution is -2.12. The van der Waals surface area contributed by atoms with Gasteiger partial charge in [0.15, 0.2) is 5.78 Å². The lowest BCUT2D eigenvalue weighted by Gasteiger charge is -2.04. The van der Waals surface area contributed by atoms with Crippen molar-refractivity contribution in [3.05, 3.63) is 27.8 Å². The Morgan fingerprint density at radius 3 is 2.93 bits per heavy atom. The summed E-state index contributed by atoms with van der Waals surface area (Å²) >= 11 is 2.22. The number of rotatable bonds is 4. The molecule has 0 spiro atoms. The van der Waals surface area contributed by atoms with Crippen LogP contribution in [0.3, 0.4) is 0 Å². The number of ether oxygens (including phenoxy) is 1. The van der Waals surface area contributed by atoms with Crippen molar-refractivity contribution in [1.82, 2.24) is 0 Å². The maximum atomic E-state index is 11.3. The Hall–Kier alpha value is -0.580. The highest BCUT2D eigenvalue weighted by Crippen LogP contribution is 2.29. The Morgan fingerprint density at radius 1 is 1.50 bits per heavy atom. The zero-order valence-corrected chi connectivity index (χ0v) is 9.86. The van der Waals surface area contributed by atoms with Crippen molar-refractivity contribution in [2.45, 2.75) is 12.8 Å². The molecule has 1 saturated carbocycles. The van der Waals surface area contributed by atoms with Gasteiger partial charge in [-0.05, 0) is 53.6 Å². The van der Waals surface area contributed by atoms with E-state index >= 15 is 0 Å². The van der Waals surface area contributed by atoms with E-state index in [1.807, 2.05) is 24.3 Å². The van der Waals surface area contributed by atoms with Crippen LogP contribution < -0.4 is 4.74 Å². The minimum atomic E-state index is 0.227. The summed E-state index contributed by atoms with van der Waals surface area (Å²) in [5, 5.41) is 0. The lowest BCUT2D eigenvalue weighted by molar-refractivity contribution is -0.122. The SMILES string of the molecule is O=C(COc1cccc(I)c1)C1CC1. The molecule has 0 aromatic heterocycles. The van der Waals surface area contributed by atoms with E-state index < -0.39 is 0 Å². The first-order valence-corrected chi connectivity index (χ1v) is 5.74.